The number of ketones is 2. The van der Waals surface area contributed by atoms with Crippen LogP contribution in [-0.4, -0.2) is 24.8 Å². The van der Waals surface area contributed by atoms with Crippen molar-refractivity contribution in [2.75, 3.05) is 7.11 Å². The lowest BCUT2D eigenvalue weighted by Crippen LogP contribution is -2.50. The van der Waals surface area contributed by atoms with Crippen LogP contribution >= 0.6 is 0 Å². The average Bonchev–Trinajstić information content (AvgIpc) is 2.22. The molecule has 0 amide bonds. The normalized spacial score (nSPS) is 41.5. The number of carbonyl (C=O) groups is 2. The summed E-state index contributed by atoms with van der Waals surface area (Å²) in [6, 6.07) is 0. The van der Waals surface area contributed by atoms with E-state index in [1.54, 1.807) is 7.11 Å². The first-order valence-corrected chi connectivity index (χ1v) is 5.66. The molecule has 0 aromatic heterocycles. The van der Waals surface area contributed by atoms with Gasteiger partial charge in [-0.05, 0) is 25.2 Å². The molecular formula is C12H18O3. The molecule has 0 aromatic carbocycles. The van der Waals surface area contributed by atoms with Crippen LogP contribution < -0.4 is 0 Å². The van der Waals surface area contributed by atoms with Gasteiger partial charge in [-0.3, -0.25) is 9.59 Å². The van der Waals surface area contributed by atoms with Gasteiger partial charge in [-0.1, -0.05) is 6.92 Å². The molecule has 0 aromatic rings. The Bertz CT molecular complexity index is 297. The minimum Gasteiger partial charge on any atom is -0.374 e. The Labute approximate surface area is 90.2 Å². The highest BCUT2D eigenvalue weighted by Gasteiger charge is 2.50. The number of fused-ring (bicyclic) bond motifs is 1. The quantitative estimate of drug-likeness (QED) is 0.662. The number of carbonyl (C=O) groups excluding carboxylic acids is 2. The van der Waals surface area contributed by atoms with Gasteiger partial charge in [0.1, 0.15) is 11.9 Å². The van der Waals surface area contributed by atoms with E-state index < -0.39 is 0 Å². The Morgan fingerprint density at radius 3 is 2.73 bits per heavy atom. The lowest BCUT2D eigenvalue weighted by molar-refractivity contribution is -0.152. The van der Waals surface area contributed by atoms with E-state index in [4.69, 9.17) is 4.74 Å². The monoisotopic (exact) mass is 210 g/mol. The Balaban J connectivity index is 2.21. The van der Waals surface area contributed by atoms with Gasteiger partial charge in [0, 0.05) is 25.4 Å². The summed E-state index contributed by atoms with van der Waals surface area (Å²) in [4.78, 5) is 23.6. The van der Waals surface area contributed by atoms with Crippen molar-refractivity contribution >= 4 is 11.6 Å². The third kappa shape index (κ3) is 1.63. The molecule has 3 nitrogen and oxygen atoms in total. The van der Waals surface area contributed by atoms with E-state index in [1.807, 2.05) is 6.92 Å². The van der Waals surface area contributed by atoms with Crippen LogP contribution in [0.2, 0.25) is 0 Å². The fourth-order valence-electron chi connectivity index (χ4n) is 3.03. The van der Waals surface area contributed by atoms with Crippen LogP contribution in [0.5, 0.6) is 0 Å². The first-order chi connectivity index (χ1) is 7.08. The summed E-state index contributed by atoms with van der Waals surface area (Å²) in [5, 5.41) is 0. The third-order valence-electron chi connectivity index (χ3n) is 4.22. The highest BCUT2D eigenvalue weighted by molar-refractivity contribution is 5.92. The molecule has 0 saturated heterocycles. The van der Waals surface area contributed by atoms with Gasteiger partial charge in [0.15, 0.2) is 5.78 Å². The van der Waals surface area contributed by atoms with Crippen LogP contribution in [-0.2, 0) is 14.3 Å². The smallest absolute Gasteiger partial charge is 0.167 e. The van der Waals surface area contributed by atoms with Gasteiger partial charge in [0.05, 0.1) is 0 Å². The van der Waals surface area contributed by atoms with E-state index in [-0.39, 0.29) is 23.2 Å². The summed E-state index contributed by atoms with van der Waals surface area (Å²) in [5.41, 5.74) is -0.299. The van der Waals surface area contributed by atoms with E-state index in [2.05, 4.69) is 0 Å². The van der Waals surface area contributed by atoms with E-state index in [1.165, 1.54) is 0 Å². The molecule has 2 fully saturated rings. The standard InChI is InChI=1S/C12H18O3/c1-12-6-5-9(13)7-8(12)3-4-10(15-2)11(12)14/h8,10H,3-7H2,1-2H3. The van der Waals surface area contributed by atoms with Crippen LogP contribution in [0.1, 0.15) is 39.0 Å². The Kier molecular flexibility index (Phi) is 2.67. The van der Waals surface area contributed by atoms with E-state index >= 15 is 0 Å². The van der Waals surface area contributed by atoms with Crippen LogP contribution in [0.15, 0.2) is 0 Å². The average molecular weight is 210 g/mol. The minimum absolute atomic E-state index is 0.216. The summed E-state index contributed by atoms with van der Waals surface area (Å²) in [6.07, 6.45) is 3.37. The van der Waals surface area contributed by atoms with Gasteiger partial charge >= 0.3 is 0 Å². The maximum Gasteiger partial charge on any atom is 0.167 e. The lowest BCUT2D eigenvalue weighted by Gasteiger charge is -2.45. The van der Waals surface area contributed by atoms with Gasteiger partial charge in [-0.15, -0.1) is 0 Å². The van der Waals surface area contributed by atoms with Gasteiger partial charge < -0.3 is 4.74 Å². The Morgan fingerprint density at radius 1 is 1.33 bits per heavy atom. The van der Waals surface area contributed by atoms with Crippen molar-refractivity contribution in [1.29, 1.82) is 0 Å². The highest BCUT2D eigenvalue weighted by Crippen LogP contribution is 2.47. The van der Waals surface area contributed by atoms with Crippen LogP contribution in [0.3, 0.4) is 0 Å². The second-order valence-electron chi connectivity index (χ2n) is 5.02. The van der Waals surface area contributed by atoms with Crippen molar-refractivity contribution in [3.05, 3.63) is 0 Å². The molecular weight excluding hydrogens is 192 g/mol. The molecule has 3 heteroatoms. The number of Topliss-reactive ketones (excluding diaryl/α,β-unsaturated/α-hetero) is 2. The zero-order chi connectivity index (χ0) is 11.1. The lowest BCUT2D eigenvalue weighted by atomic mass is 9.59. The highest BCUT2D eigenvalue weighted by atomic mass is 16.5. The maximum atomic E-state index is 12.2. The molecule has 0 spiro atoms. The van der Waals surface area contributed by atoms with Gasteiger partial charge in [0.2, 0.25) is 0 Å². The first kappa shape index (κ1) is 10.8. The third-order valence-corrected chi connectivity index (χ3v) is 4.22. The second-order valence-corrected chi connectivity index (χ2v) is 5.02. The second kappa shape index (κ2) is 3.71. The van der Waals surface area contributed by atoms with E-state index in [0.717, 1.165) is 19.3 Å². The number of hydrogen-bond acceptors (Lipinski definition) is 3. The van der Waals surface area contributed by atoms with Crippen molar-refractivity contribution in [3.63, 3.8) is 0 Å². The van der Waals surface area contributed by atoms with Crippen LogP contribution in [0.4, 0.5) is 0 Å². The minimum atomic E-state index is -0.299. The van der Waals surface area contributed by atoms with Crippen LogP contribution in [0, 0.1) is 11.3 Å². The molecule has 3 atom stereocenters. The number of ether oxygens (including phenoxy) is 1. The molecule has 0 bridgehead atoms. The molecule has 0 N–H and O–H groups in total. The van der Waals surface area contributed by atoms with E-state index in [0.29, 0.717) is 18.6 Å². The number of hydrogen-bond donors (Lipinski definition) is 0. The zero-order valence-electron chi connectivity index (χ0n) is 9.41. The summed E-state index contributed by atoms with van der Waals surface area (Å²) in [7, 11) is 1.60. The fraction of sp³-hybridized carbons (Fsp3) is 0.833. The zero-order valence-corrected chi connectivity index (χ0v) is 9.41. The summed E-state index contributed by atoms with van der Waals surface area (Å²) in [5.74, 6) is 0.799. The van der Waals surface area contributed by atoms with Crippen molar-refractivity contribution in [2.45, 2.75) is 45.1 Å². The predicted molar refractivity (Wildman–Crippen MR) is 55.5 cm³/mol. The van der Waals surface area contributed by atoms with Gasteiger partial charge in [-0.25, -0.2) is 0 Å². The largest absolute Gasteiger partial charge is 0.374 e. The first-order valence-electron chi connectivity index (χ1n) is 5.66. The molecule has 2 rings (SSSR count). The molecule has 0 aliphatic heterocycles. The fourth-order valence-corrected chi connectivity index (χ4v) is 3.03. The summed E-state index contributed by atoms with van der Waals surface area (Å²) >= 11 is 0. The maximum absolute atomic E-state index is 12.2. The molecule has 2 aliphatic rings. The Morgan fingerprint density at radius 2 is 2.07 bits per heavy atom. The summed E-state index contributed by atoms with van der Waals surface area (Å²) in [6.45, 7) is 2.01. The predicted octanol–water partition coefficient (Wildman–Crippen LogP) is 1.74. The molecule has 15 heavy (non-hydrogen) atoms. The van der Waals surface area contributed by atoms with Crippen molar-refractivity contribution < 1.29 is 14.3 Å². The van der Waals surface area contributed by atoms with E-state index in [9.17, 15) is 9.59 Å². The Hall–Kier alpha value is -0.700. The van der Waals surface area contributed by atoms with Gasteiger partial charge in [-0.2, -0.15) is 0 Å². The topological polar surface area (TPSA) is 43.4 Å². The molecule has 0 heterocycles. The number of methoxy groups -OCH3 is 1. The molecule has 2 aliphatic carbocycles. The van der Waals surface area contributed by atoms with Crippen LogP contribution in [0.25, 0.3) is 0 Å². The van der Waals surface area contributed by atoms with Crippen molar-refractivity contribution in [2.24, 2.45) is 11.3 Å². The molecule has 3 unspecified atom stereocenters. The van der Waals surface area contributed by atoms with Crippen molar-refractivity contribution in [3.8, 4) is 0 Å². The molecule has 2 saturated carbocycles. The van der Waals surface area contributed by atoms with Gasteiger partial charge in [0.25, 0.3) is 0 Å². The summed E-state index contributed by atoms with van der Waals surface area (Å²) < 4.78 is 5.21. The molecule has 84 valence electrons. The molecule has 0 radical (unpaired) electrons. The SMILES string of the molecule is COC1CCC2CC(=O)CCC2(C)C1=O. The van der Waals surface area contributed by atoms with Crippen molar-refractivity contribution in [1.82, 2.24) is 0 Å². The number of rotatable bonds is 1.